The summed E-state index contributed by atoms with van der Waals surface area (Å²) in [5, 5.41) is 6.44. The van der Waals surface area contributed by atoms with Crippen LogP contribution < -0.4 is 10.6 Å². The molecular weight excluding hydrogens is 268 g/mol. The van der Waals surface area contributed by atoms with Gasteiger partial charge in [0.1, 0.15) is 6.04 Å². The number of amides is 1. The fourth-order valence-electron chi connectivity index (χ4n) is 2.69. The molecule has 1 aliphatic rings. The summed E-state index contributed by atoms with van der Waals surface area (Å²) < 4.78 is 0.168. The van der Waals surface area contributed by atoms with Crippen LogP contribution in [0.1, 0.15) is 32.3 Å². The zero-order valence-electron chi connectivity index (χ0n) is 12.5. The second-order valence-electron chi connectivity index (χ2n) is 5.37. The van der Waals surface area contributed by atoms with Crippen LogP contribution in [0.3, 0.4) is 0 Å². The molecule has 0 radical (unpaired) electrons. The van der Waals surface area contributed by atoms with Gasteiger partial charge in [0.2, 0.25) is 5.91 Å². The zero-order chi connectivity index (χ0) is 14.6. The summed E-state index contributed by atoms with van der Waals surface area (Å²) in [5.74, 6) is 0.113. The number of carbonyl (C=O) groups excluding carboxylic acids is 1. The smallest absolute Gasteiger partial charge is 0.242 e. The molecule has 0 fully saturated rings. The Bertz CT molecular complexity index is 438. The lowest BCUT2D eigenvalue weighted by atomic mass is 10.0. The molecule has 1 atom stereocenters. The second-order valence-corrected chi connectivity index (χ2v) is 6.64. The van der Waals surface area contributed by atoms with Crippen LogP contribution in [0.15, 0.2) is 24.3 Å². The highest BCUT2D eigenvalue weighted by Gasteiger charge is 2.29. The van der Waals surface area contributed by atoms with E-state index in [4.69, 9.17) is 0 Å². The quantitative estimate of drug-likeness (QED) is 0.846. The van der Waals surface area contributed by atoms with Gasteiger partial charge in [-0.05, 0) is 30.7 Å². The van der Waals surface area contributed by atoms with E-state index >= 15 is 0 Å². The molecule has 2 rings (SSSR count). The molecule has 0 saturated carbocycles. The highest BCUT2D eigenvalue weighted by molar-refractivity contribution is 8.00. The molecule has 110 valence electrons. The fraction of sp³-hybridized carbons (Fsp3) is 0.562. The molecule has 1 aromatic carbocycles. The maximum absolute atomic E-state index is 12.3. The Balaban J connectivity index is 1.91. The number of benzene rings is 1. The van der Waals surface area contributed by atoms with Crippen LogP contribution in [-0.2, 0) is 11.2 Å². The second kappa shape index (κ2) is 6.53. The van der Waals surface area contributed by atoms with Crippen LogP contribution in [0.5, 0.6) is 0 Å². The van der Waals surface area contributed by atoms with Crippen molar-refractivity contribution in [1.29, 1.82) is 0 Å². The molecule has 0 aliphatic carbocycles. The first-order valence-corrected chi connectivity index (χ1v) is 8.54. The summed E-state index contributed by atoms with van der Waals surface area (Å²) in [7, 11) is 0. The van der Waals surface area contributed by atoms with E-state index in [2.05, 4.69) is 36.8 Å². The van der Waals surface area contributed by atoms with Crippen LogP contribution >= 0.6 is 11.8 Å². The summed E-state index contributed by atoms with van der Waals surface area (Å²) in [6.07, 6.45) is 5.06. The molecule has 0 bridgehead atoms. The standard InChI is InChI=1S/C16H24N2OS/c1-4-16(5-2,20-3)11-17-15(19)14-10-12-8-6-7-9-13(12)18-14/h6-9,14,18H,4-5,10-11H2,1-3H3,(H,17,19). The summed E-state index contributed by atoms with van der Waals surface area (Å²) in [5.41, 5.74) is 2.32. The average molecular weight is 292 g/mol. The Hall–Kier alpha value is -1.16. The molecule has 3 nitrogen and oxygen atoms in total. The van der Waals surface area contributed by atoms with Gasteiger partial charge in [0.05, 0.1) is 0 Å². The predicted molar refractivity (Wildman–Crippen MR) is 87.4 cm³/mol. The van der Waals surface area contributed by atoms with Crippen molar-refractivity contribution < 1.29 is 4.79 Å². The first kappa shape index (κ1) is 15.2. The van der Waals surface area contributed by atoms with Crippen LogP contribution in [-0.4, -0.2) is 29.5 Å². The molecule has 4 heteroatoms. The number of thioether (sulfide) groups is 1. The minimum atomic E-state index is -0.124. The van der Waals surface area contributed by atoms with Gasteiger partial charge in [-0.1, -0.05) is 32.0 Å². The Morgan fingerprint density at radius 2 is 2.10 bits per heavy atom. The van der Waals surface area contributed by atoms with Crippen molar-refractivity contribution in [3.05, 3.63) is 29.8 Å². The molecule has 0 spiro atoms. The molecule has 1 heterocycles. The number of hydrogen-bond donors (Lipinski definition) is 2. The third kappa shape index (κ3) is 3.11. The molecule has 1 unspecified atom stereocenters. The van der Waals surface area contributed by atoms with Crippen molar-refractivity contribution in [1.82, 2.24) is 5.32 Å². The van der Waals surface area contributed by atoms with Crippen LogP contribution in [0.25, 0.3) is 0 Å². The summed E-state index contributed by atoms with van der Waals surface area (Å²) >= 11 is 1.85. The third-order valence-corrected chi connectivity index (χ3v) is 5.98. The van der Waals surface area contributed by atoms with Crippen molar-refractivity contribution in [3.63, 3.8) is 0 Å². The first-order chi connectivity index (χ1) is 9.64. The van der Waals surface area contributed by atoms with Crippen molar-refractivity contribution >= 4 is 23.4 Å². The summed E-state index contributed by atoms with van der Waals surface area (Å²) in [4.78, 5) is 12.3. The highest BCUT2D eigenvalue weighted by Crippen LogP contribution is 2.30. The number of nitrogens with one attached hydrogen (secondary N) is 2. The maximum atomic E-state index is 12.3. The average Bonchev–Trinajstić information content (AvgIpc) is 2.93. The van der Waals surface area contributed by atoms with Gasteiger partial charge < -0.3 is 10.6 Å². The van der Waals surface area contributed by atoms with E-state index in [1.165, 1.54) is 5.56 Å². The number of rotatable bonds is 6. The lowest BCUT2D eigenvalue weighted by Crippen LogP contribution is -2.45. The number of carbonyl (C=O) groups is 1. The molecule has 0 aromatic heterocycles. The Labute approximate surface area is 125 Å². The van der Waals surface area contributed by atoms with Gasteiger partial charge in [0, 0.05) is 23.4 Å². The van der Waals surface area contributed by atoms with Gasteiger partial charge in [-0.25, -0.2) is 0 Å². The molecule has 2 N–H and O–H groups in total. The SMILES string of the molecule is CCC(CC)(CNC(=O)C1Cc2ccccc2N1)SC. The van der Waals surface area contributed by atoms with Crippen LogP contribution in [0.2, 0.25) is 0 Å². The lowest BCUT2D eigenvalue weighted by molar-refractivity contribution is -0.121. The third-order valence-electron chi connectivity index (χ3n) is 4.39. The van der Waals surface area contributed by atoms with E-state index in [0.29, 0.717) is 0 Å². The van der Waals surface area contributed by atoms with Gasteiger partial charge in [-0.15, -0.1) is 0 Å². The van der Waals surface area contributed by atoms with Crippen molar-refractivity contribution in [2.75, 3.05) is 18.1 Å². The highest BCUT2D eigenvalue weighted by atomic mass is 32.2. The van der Waals surface area contributed by atoms with Gasteiger partial charge in [0.25, 0.3) is 0 Å². The van der Waals surface area contributed by atoms with Crippen molar-refractivity contribution in [2.24, 2.45) is 0 Å². The van der Waals surface area contributed by atoms with Gasteiger partial charge >= 0.3 is 0 Å². The molecule has 1 amide bonds. The monoisotopic (exact) mass is 292 g/mol. The number of fused-ring (bicyclic) bond motifs is 1. The number of para-hydroxylation sites is 1. The zero-order valence-corrected chi connectivity index (χ0v) is 13.3. The largest absolute Gasteiger partial charge is 0.373 e. The van der Waals surface area contributed by atoms with Gasteiger partial charge in [0.15, 0.2) is 0 Å². The first-order valence-electron chi connectivity index (χ1n) is 7.31. The fourth-order valence-corrected chi connectivity index (χ4v) is 3.48. The van der Waals surface area contributed by atoms with Crippen molar-refractivity contribution in [2.45, 2.75) is 43.9 Å². The number of anilines is 1. The maximum Gasteiger partial charge on any atom is 0.242 e. The topological polar surface area (TPSA) is 41.1 Å². The van der Waals surface area contributed by atoms with E-state index in [1.54, 1.807) is 0 Å². The van der Waals surface area contributed by atoms with E-state index in [9.17, 15) is 4.79 Å². The molecule has 1 aliphatic heterocycles. The molecule has 20 heavy (non-hydrogen) atoms. The van der Waals surface area contributed by atoms with Gasteiger partial charge in [-0.3, -0.25) is 4.79 Å². The van der Waals surface area contributed by atoms with Gasteiger partial charge in [-0.2, -0.15) is 11.8 Å². The van der Waals surface area contributed by atoms with E-state index in [1.807, 2.05) is 30.0 Å². The molecule has 0 saturated heterocycles. The Morgan fingerprint density at radius 1 is 1.40 bits per heavy atom. The summed E-state index contributed by atoms with van der Waals surface area (Å²) in [6, 6.07) is 8.01. The lowest BCUT2D eigenvalue weighted by Gasteiger charge is -2.30. The predicted octanol–water partition coefficient (Wildman–Crippen LogP) is 3.06. The Kier molecular flexibility index (Phi) is 4.97. The molecule has 1 aromatic rings. The molecular formula is C16H24N2OS. The van der Waals surface area contributed by atoms with Crippen molar-refractivity contribution in [3.8, 4) is 0 Å². The van der Waals surface area contributed by atoms with E-state index in [0.717, 1.165) is 31.5 Å². The minimum Gasteiger partial charge on any atom is -0.373 e. The van der Waals surface area contributed by atoms with E-state index in [-0.39, 0.29) is 16.7 Å². The van der Waals surface area contributed by atoms with E-state index < -0.39 is 0 Å². The normalized spacial score (nSPS) is 17.4. The Morgan fingerprint density at radius 3 is 2.70 bits per heavy atom. The summed E-state index contributed by atoms with van der Waals surface area (Å²) in [6.45, 7) is 5.13. The minimum absolute atomic E-state index is 0.113. The number of hydrogen-bond acceptors (Lipinski definition) is 3. The van der Waals surface area contributed by atoms with Crippen LogP contribution in [0, 0.1) is 0 Å². The van der Waals surface area contributed by atoms with Crippen LogP contribution in [0.4, 0.5) is 5.69 Å².